The van der Waals surface area contributed by atoms with Crippen LogP contribution in [0.4, 0.5) is 0 Å². The van der Waals surface area contributed by atoms with Crippen LogP contribution >= 0.6 is 24.0 Å². The Balaban J connectivity index is 1.76. The van der Waals surface area contributed by atoms with Gasteiger partial charge in [-0.15, -0.1) is 0 Å². The van der Waals surface area contributed by atoms with Crippen molar-refractivity contribution in [1.29, 1.82) is 0 Å². The van der Waals surface area contributed by atoms with Crippen LogP contribution in [0.25, 0.3) is 21.8 Å². The highest BCUT2D eigenvalue weighted by atomic mass is 32.2. The Bertz CT molecular complexity index is 933. The molecule has 0 saturated carbocycles. The summed E-state index contributed by atoms with van der Waals surface area (Å²) >= 11 is 7.47. The maximum absolute atomic E-state index is 5.75. The van der Waals surface area contributed by atoms with E-state index in [1.165, 1.54) is 27.4 Å². The molecule has 0 aliphatic carbocycles. The molecule has 112 valence electrons. The van der Waals surface area contributed by atoms with Gasteiger partial charge in [-0.1, -0.05) is 90.7 Å². The lowest BCUT2D eigenvalue weighted by molar-refractivity contribution is 1.34. The third-order valence-electron chi connectivity index (χ3n) is 3.97. The molecule has 4 rings (SSSR count). The van der Waals surface area contributed by atoms with Crippen molar-refractivity contribution in [1.82, 2.24) is 4.57 Å². The van der Waals surface area contributed by atoms with E-state index in [0.29, 0.717) is 0 Å². The van der Waals surface area contributed by atoms with Crippen molar-refractivity contribution in [2.24, 2.45) is 0 Å². The number of para-hydroxylation sites is 2. The van der Waals surface area contributed by atoms with Crippen molar-refractivity contribution in [3.63, 3.8) is 0 Å². The van der Waals surface area contributed by atoms with E-state index in [9.17, 15) is 0 Å². The first-order valence-electron chi connectivity index (χ1n) is 7.54. The van der Waals surface area contributed by atoms with Crippen LogP contribution in [0.15, 0.2) is 78.9 Å². The first-order chi connectivity index (χ1) is 11.3. The van der Waals surface area contributed by atoms with E-state index >= 15 is 0 Å². The maximum atomic E-state index is 5.75. The highest BCUT2D eigenvalue weighted by molar-refractivity contribution is 8.22. The quantitative estimate of drug-likeness (QED) is 0.423. The van der Waals surface area contributed by atoms with Crippen molar-refractivity contribution in [3.8, 4) is 0 Å². The number of hydrogen-bond donors (Lipinski definition) is 0. The van der Waals surface area contributed by atoms with Gasteiger partial charge in [-0.2, -0.15) is 0 Å². The number of hydrogen-bond acceptors (Lipinski definition) is 2. The molecule has 1 aromatic heterocycles. The predicted molar refractivity (Wildman–Crippen MR) is 105 cm³/mol. The molecule has 0 unspecified atom stereocenters. The number of benzene rings is 3. The van der Waals surface area contributed by atoms with Crippen molar-refractivity contribution in [2.75, 3.05) is 0 Å². The molecular formula is C20H15NS2. The summed E-state index contributed by atoms with van der Waals surface area (Å²) in [5.41, 5.74) is 3.65. The number of thiocarbonyl (C=S) groups is 1. The van der Waals surface area contributed by atoms with Crippen LogP contribution in [-0.2, 0) is 5.75 Å². The lowest BCUT2D eigenvalue weighted by Crippen LogP contribution is -2.04. The lowest BCUT2D eigenvalue weighted by atomic mass is 10.2. The molecule has 23 heavy (non-hydrogen) atoms. The zero-order chi connectivity index (χ0) is 15.6. The molecule has 0 atom stereocenters. The van der Waals surface area contributed by atoms with Gasteiger partial charge in [0.25, 0.3) is 0 Å². The summed E-state index contributed by atoms with van der Waals surface area (Å²) in [6.45, 7) is 0. The number of thioether (sulfide) groups is 1. The molecule has 0 bridgehead atoms. The third kappa shape index (κ3) is 2.67. The second kappa shape index (κ2) is 6.19. The Morgan fingerprint density at radius 2 is 1.26 bits per heavy atom. The average Bonchev–Trinajstić information content (AvgIpc) is 2.95. The first-order valence-corrected chi connectivity index (χ1v) is 8.93. The van der Waals surface area contributed by atoms with E-state index in [0.717, 1.165) is 10.1 Å². The SMILES string of the molecule is S=C(SCc1ccccc1)n1c2ccccc2c2ccccc21. The molecule has 0 N–H and O–H groups in total. The maximum Gasteiger partial charge on any atom is 0.145 e. The highest BCUT2D eigenvalue weighted by Gasteiger charge is 2.13. The fourth-order valence-corrected chi connectivity index (χ4v) is 4.08. The summed E-state index contributed by atoms with van der Waals surface area (Å²) in [4.78, 5) is 0. The normalized spacial score (nSPS) is 11.1. The molecule has 3 aromatic carbocycles. The second-order valence-electron chi connectivity index (χ2n) is 5.41. The summed E-state index contributed by atoms with van der Waals surface area (Å²) in [7, 11) is 0. The molecule has 0 radical (unpaired) electrons. The van der Waals surface area contributed by atoms with E-state index in [1.807, 2.05) is 6.07 Å². The Hall–Kier alpha value is -2.10. The van der Waals surface area contributed by atoms with Crippen LogP contribution in [0.5, 0.6) is 0 Å². The summed E-state index contributed by atoms with van der Waals surface area (Å²) in [6, 6.07) is 27.4. The van der Waals surface area contributed by atoms with Crippen molar-refractivity contribution in [3.05, 3.63) is 84.4 Å². The van der Waals surface area contributed by atoms with Gasteiger partial charge in [-0.25, -0.2) is 0 Å². The van der Waals surface area contributed by atoms with Crippen molar-refractivity contribution in [2.45, 2.75) is 5.75 Å². The Kier molecular flexibility index (Phi) is 3.90. The van der Waals surface area contributed by atoms with Gasteiger partial charge >= 0.3 is 0 Å². The van der Waals surface area contributed by atoms with Crippen LogP contribution in [-0.4, -0.2) is 8.89 Å². The molecule has 0 aliphatic rings. The molecule has 3 heteroatoms. The smallest absolute Gasteiger partial charge is 0.145 e. The monoisotopic (exact) mass is 333 g/mol. The van der Waals surface area contributed by atoms with Crippen LogP contribution in [0.2, 0.25) is 0 Å². The van der Waals surface area contributed by atoms with Crippen molar-refractivity contribution < 1.29 is 0 Å². The number of rotatable bonds is 2. The fourth-order valence-electron chi connectivity index (χ4n) is 2.90. The molecule has 0 fully saturated rings. The van der Waals surface area contributed by atoms with Gasteiger partial charge in [0.15, 0.2) is 0 Å². The van der Waals surface area contributed by atoms with Crippen LogP contribution in [0.3, 0.4) is 0 Å². The Morgan fingerprint density at radius 3 is 1.87 bits per heavy atom. The van der Waals surface area contributed by atoms with Crippen LogP contribution < -0.4 is 0 Å². The van der Waals surface area contributed by atoms with Gasteiger partial charge in [-0.05, 0) is 17.7 Å². The minimum Gasteiger partial charge on any atom is -0.295 e. The summed E-state index contributed by atoms with van der Waals surface area (Å²) < 4.78 is 3.10. The third-order valence-corrected chi connectivity index (χ3v) is 5.41. The van der Waals surface area contributed by atoms with Crippen molar-refractivity contribution >= 4 is 50.1 Å². The zero-order valence-electron chi connectivity index (χ0n) is 12.5. The van der Waals surface area contributed by atoms with E-state index in [1.54, 1.807) is 11.8 Å². The number of nitrogens with zero attached hydrogens (tertiary/aromatic N) is 1. The molecule has 4 aromatic rings. The molecule has 1 heterocycles. The summed E-state index contributed by atoms with van der Waals surface area (Å²) in [5.74, 6) is 0.889. The molecule has 1 nitrogen and oxygen atoms in total. The van der Waals surface area contributed by atoms with E-state index in [-0.39, 0.29) is 0 Å². The zero-order valence-corrected chi connectivity index (χ0v) is 14.1. The van der Waals surface area contributed by atoms with Crippen LogP contribution in [0.1, 0.15) is 5.56 Å². The molecule has 0 amide bonds. The molecular weight excluding hydrogens is 318 g/mol. The fraction of sp³-hybridized carbons (Fsp3) is 0.0500. The van der Waals surface area contributed by atoms with E-state index in [4.69, 9.17) is 12.2 Å². The van der Waals surface area contributed by atoms with Crippen LogP contribution in [0, 0.1) is 0 Å². The van der Waals surface area contributed by atoms with Gasteiger partial charge in [-0.3, -0.25) is 4.57 Å². The van der Waals surface area contributed by atoms with Gasteiger partial charge in [0.2, 0.25) is 0 Å². The Labute approximate surface area is 144 Å². The Morgan fingerprint density at radius 1 is 0.739 bits per heavy atom. The number of fused-ring (bicyclic) bond motifs is 3. The van der Waals surface area contributed by atoms with E-state index in [2.05, 4.69) is 77.4 Å². The lowest BCUT2D eigenvalue weighted by Gasteiger charge is -2.08. The van der Waals surface area contributed by atoms with Gasteiger partial charge < -0.3 is 0 Å². The average molecular weight is 333 g/mol. The topological polar surface area (TPSA) is 4.93 Å². The molecule has 0 spiro atoms. The number of aromatic nitrogens is 1. The molecule has 0 saturated heterocycles. The predicted octanol–water partition coefficient (Wildman–Crippen LogP) is 5.86. The standard InChI is InChI=1S/C20H15NS2/c22-20(23-14-15-8-2-1-3-9-15)21-18-12-6-4-10-16(18)17-11-5-7-13-19(17)21/h1-13H,14H2. The minimum absolute atomic E-state index is 0.889. The first kappa shape index (κ1) is 14.5. The van der Waals surface area contributed by atoms with Gasteiger partial charge in [0.05, 0.1) is 11.0 Å². The van der Waals surface area contributed by atoms with E-state index < -0.39 is 0 Å². The largest absolute Gasteiger partial charge is 0.295 e. The minimum atomic E-state index is 0.889. The summed E-state index contributed by atoms with van der Waals surface area (Å²) in [5, 5.41) is 2.51. The summed E-state index contributed by atoms with van der Waals surface area (Å²) in [6.07, 6.45) is 0. The highest BCUT2D eigenvalue weighted by Crippen LogP contribution is 2.31. The van der Waals surface area contributed by atoms with Gasteiger partial charge in [0, 0.05) is 16.5 Å². The second-order valence-corrected chi connectivity index (χ2v) is 7.02. The molecule has 0 aliphatic heterocycles. The van der Waals surface area contributed by atoms with Gasteiger partial charge in [0.1, 0.15) is 4.32 Å².